The molecule has 160 valence electrons. The Bertz CT molecular complexity index is 1050. The zero-order chi connectivity index (χ0) is 21.9. The zero-order valence-corrected chi connectivity index (χ0v) is 19.2. The number of carbonyl (C=O) groups is 2. The van der Waals surface area contributed by atoms with Crippen LogP contribution in [0.1, 0.15) is 28.8 Å². The summed E-state index contributed by atoms with van der Waals surface area (Å²) in [5.41, 5.74) is 1.66. The van der Waals surface area contributed by atoms with E-state index >= 15 is 0 Å². The molecule has 2 aromatic rings. The first-order chi connectivity index (χ1) is 14.2. The third-order valence-electron chi connectivity index (χ3n) is 5.26. The van der Waals surface area contributed by atoms with Crippen LogP contribution in [0.2, 0.25) is 0 Å². The molecule has 0 radical (unpaired) electrons. The zero-order valence-electron chi connectivity index (χ0n) is 16.8. The van der Waals surface area contributed by atoms with Crippen LogP contribution < -0.4 is 10.0 Å². The Kier molecular flexibility index (Phi) is 6.95. The van der Waals surface area contributed by atoms with Crippen molar-refractivity contribution in [1.29, 1.82) is 0 Å². The number of nitrogens with zero attached hydrogens (tertiary/aromatic N) is 1. The van der Waals surface area contributed by atoms with E-state index < -0.39 is 10.0 Å². The van der Waals surface area contributed by atoms with Crippen molar-refractivity contribution in [2.45, 2.75) is 24.7 Å². The lowest BCUT2D eigenvalue weighted by Crippen LogP contribution is -2.41. The molecule has 1 heterocycles. The minimum absolute atomic E-state index is 0.0400. The van der Waals surface area contributed by atoms with Crippen molar-refractivity contribution in [3.63, 3.8) is 0 Å². The van der Waals surface area contributed by atoms with Crippen LogP contribution in [0.4, 0.5) is 5.69 Å². The fourth-order valence-corrected chi connectivity index (χ4v) is 4.70. The van der Waals surface area contributed by atoms with Gasteiger partial charge in [-0.15, -0.1) is 0 Å². The average molecular weight is 494 g/mol. The molecule has 1 aliphatic heterocycles. The van der Waals surface area contributed by atoms with Gasteiger partial charge in [-0.05, 0) is 68.8 Å². The molecule has 2 aromatic carbocycles. The number of carbonyl (C=O) groups excluding carboxylic acids is 2. The number of likely N-dealkylation sites (tertiary alicyclic amines) is 1. The first-order valence-corrected chi connectivity index (χ1v) is 11.9. The highest BCUT2D eigenvalue weighted by Gasteiger charge is 2.28. The third kappa shape index (κ3) is 5.08. The highest BCUT2D eigenvalue weighted by atomic mass is 79.9. The van der Waals surface area contributed by atoms with Gasteiger partial charge in [0.2, 0.25) is 15.9 Å². The second kappa shape index (κ2) is 9.28. The molecule has 0 bridgehead atoms. The first kappa shape index (κ1) is 22.5. The van der Waals surface area contributed by atoms with Gasteiger partial charge in [0.05, 0.1) is 4.90 Å². The SMILES string of the molecule is CNS(=O)(=O)c1cc(NC(=O)C2CCN(C(=O)c3ccc(Br)cc3)CC2)ccc1C. The summed E-state index contributed by atoms with van der Waals surface area (Å²) < 4.78 is 27.5. The standard InChI is InChI=1S/C21H24BrN3O4S/c1-14-3-8-18(13-19(14)30(28,29)23-2)24-20(26)15-9-11-25(12-10-15)21(27)16-4-6-17(22)7-5-16/h3-8,13,15,23H,9-12H2,1-2H3,(H,24,26). The second-order valence-corrected chi connectivity index (χ2v) is 10.0. The minimum Gasteiger partial charge on any atom is -0.339 e. The van der Waals surface area contributed by atoms with Crippen LogP contribution in [0.5, 0.6) is 0 Å². The molecule has 0 aromatic heterocycles. The van der Waals surface area contributed by atoms with Gasteiger partial charge < -0.3 is 10.2 Å². The summed E-state index contributed by atoms with van der Waals surface area (Å²) in [6.45, 7) is 2.70. The molecule has 1 fully saturated rings. The molecule has 1 aliphatic rings. The molecule has 0 spiro atoms. The highest BCUT2D eigenvalue weighted by molar-refractivity contribution is 9.10. The Balaban J connectivity index is 1.61. The fraction of sp³-hybridized carbons (Fsp3) is 0.333. The maximum absolute atomic E-state index is 12.7. The summed E-state index contributed by atoms with van der Waals surface area (Å²) in [5, 5.41) is 2.82. The monoisotopic (exact) mass is 493 g/mol. The van der Waals surface area contributed by atoms with E-state index in [-0.39, 0.29) is 22.6 Å². The lowest BCUT2D eigenvalue weighted by atomic mass is 9.95. The summed E-state index contributed by atoms with van der Waals surface area (Å²) in [6.07, 6.45) is 1.11. The summed E-state index contributed by atoms with van der Waals surface area (Å²) in [6, 6.07) is 12.0. The van der Waals surface area contributed by atoms with Crippen molar-refractivity contribution in [3.8, 4) is 0 Å². The summed E-state index contributed by atoms with van der Waals surface area (Å²) in [7, 11) is -2.26. The number of piperidine rings is 1. The van der Waals surface area contributed by atoms with Crippen LogP contribution in [-0.4, -0.2) is 45.3 Å². The van der Waals surface area contributed by atoms with Gasteiger partial charge >= 0.3 is 0 Å². The summed E-state index contributed by atoms with van der Waals surface area (Å²) in [4.78, 5) is 27.2. The van der Waals surface area contributed by atoms with Crippen molar-refractivity contribution < 1.29 is 18.0 Å². The van der Waals surface area contributed by atoms with Gasteiger partial charge in [0.15, 0.2) is 0 Å². The molecule has 9 heteroatoms. The minimum atomic E-state index is -3.61. The fourth-order valence-electron chi connectivity index (χ4n) is 3.44. The number of aryl methyl sites for hydroxylation is 1. The Morgan fingerprint density at radius 3 is 2.30 bits per heavy atom. The van der Waals surface area contributed by atoms with Gasteiger partial charge in [0.25, 0.3) is 5.91 Å². The Morgan fingerprint density at radius 2 is 1.70 bits per heavy atom. The molecule has 30 heavy (non-hydrogen) atoms. The number of halogens is 1. The molecule has 3 rings (SSSR count). The van der Waals surface area contributed by atoms with Gasteiger partial charge in [-0.2, -0.15) is 0 Å². The Hall–Kier alpha value is -2.23. The Morgan fingerprint density at radius 1 is 1.07 bits per heavy atom. The van der Waals surface area contributed by atoms with Crippen molar-refractivity contribution >= 4 is 43.5 Å². The van der Waals surface area contributed by atoms with Crippen LogP contribution in [0.3, 0.4) is 0 Å². The number of nitrogens with one attached hydrogen (secondary N) is 2. The lowest BCUT2D eigenvalue weighted by molar-refractivity contribution is -0.121. The van der Waals surface area contributed by atoms with Gasteiger partial charge in [0, 0.05) is 34.7 Å². The molecule has 7 nitrogen and oxygen atoms in total. The van der Waals surface area contributed by atoms with E-state index in [4.69, 9.17) is 0 Å². The van der Waals surface area contributed by atoms with Gasteiger partial charge in [-0.1, -0.05) is 22.0 Å². The van der Waals surface area contributed by atoms with E-state index in [1.165, 1.54) is 13.1 Å². The number of rotatable bonds is 5. The lowest BCUT2D eigenvalue weighted by Gasteiger charge is -2.31. The second-order valence-electron chi connectivity index (χ2n) is 7.25. The molecule has 2 amide bonds. The maximum atomic E-state index is 12.7. The van der Waals surface area contributed by atoms with E-state index in [1.54, 1.807) is 36.1 Å². The maximum Gasteiger partial charge on any atom is 0.253 e. The molecule has 0 unspecified atom stereocenters. The van der Waals surface area contributed by atoms with Gasteiger partial charge in [0.1, 0.15) is 0 Å². The highest BCUT2D eigenvalue weighted by Crippen LogP contribution is 2.24. The van der Waals surface area contributed by atoms with Gasteiger partial charge in [-0.25, -0.2) is 13.1 Å². The number of amides is 2. The largest absolute Gasteiger partial charge is 0.339 e. The third-order valence-corrected chi connectivity index (χ3v) is 7.34. The van der Waals surface area contributed by atoms with Crippen LogP contribution in [0.15, 0.2) is 51.8 Å². The number of benzene rings is 2. The molecule has 0 aliphatic carbocycles. The van der Waals surface area contributed by atoms with E-state index in [2.05, 4.69) is 26.0 Å². The molecular formula is C21H24BrN3O4S. The van der Waals surface area contributed by atoms with E-state index in [0.29, 0.717) is 42.7 Å². The number of hydrogen-bond acceptors (Lipinski definition) is 4. The van der Waals surface area contributed by atoms with Crippen LogP contribution in [0.25, 0.3) is 0 Å². The van der Waals surface area contributed by atoms with Crippen LogP contribution >= 0.6 is 15.9 Å². The topological polar surface area (TPSA) is 95.6 Å². The number of sulfonamides is 1. The van der Waals surface area contributed by atoms with Crippen LogP contribution in [-0.2, 0) is 14.8 Å². The number of anilines is 1. The average Bonchev–Trinajstić information content (AvgIpc) is 2.75. The normalized spacial score (nSPS) is 15.1. The number of hydrogen-bond donors (Lipinski definition) is 2. The predicted octanol–water partition coefficient (Wildman–Crippen LogP) is 3.16. The predicted molar refractivity (Wildman–Crippen MR) is 119 cm³/mol. The summed E-state index contributed by atoms with van der Waals surface area (Å²) >= 11 is 3.36. The van der Waals surface area contributed by atoms with Crippen molar-refractivity contribution in [2.75, 3.05) is 25.5 Å². The van der Waals surface area contributed by atoms with Crippen molar-refractivity contribution in [1.82, 2.24) is 9.62 Å². The van der Waals surface area contributed by atoms with Crippen molar-refractivity contribution in [2.24, 2.45) is 5.92 Å². The van der Waals surface area contributed by atoms with E-state index in [9.17, 15) is 18.0 Å². The first-order valence-electron chi connectivity index (χ1n) is 9.61. The Labute approximate surface area is 185 Å². The molecule has 0 atom stereocenters. The van der Waals surface area contributed by atoms with Gasteiger partial charge in [-0.3, -0.25) is 9.59 Å². The molecular weight excluding hydrogens is 470 g/mol. The summed E-state index contributed by atoms with van der Waals surface area (Å²) in [5.74, 6) is -0.436. The van der Waals surface area contributed by atoms with Crippen LogP contribution in [0, 0.1) is 12.8 Å². The van der Waals surface area contributed by atoms with E-state index in [0.717, 1.165) is 4.47 Å². The molecule has 1 saturated heterocycles. The smallest absolute Gasteiger partial charge is 0.253 e. The van der Waals surface area contributed by atoms with E-state index in [1.807, 2.05) is 12.1 Å². The molecule has 2 N–H and O–H groups in total. The quantitative estimate of drug-likeness (QED) is 0.668. The molecule has 0 saturated carbocycles. The van der Waals surface area contributed by atoms with Crippen molar-refractivity contribution in [3.05, 3.63) is 58.1 Å².